The van der Waals surface area contributed by atoms with Crippen LogP contribution in [-0.4, -0.2) is 35.5 Å². The first-order valence-electron chi connectivity index (χ1n) is 8.64. The zero-order chi connectivity index (χ0) is 18.4. The highest BCUT2D eigenvalue weighted by molar-refractivity contribution is 5.69. The molecule has 3 atom stereocenters. The predicted octanol–water partition coefficient (Wildman–Crippen LogP) is 2.98. The van der Waals surface area contributed by atoms with Crippen molar-refractivity contribution >= 4 is 12.2 Å². The number of carboxylic acid groups (broad SMARTS) is 1. The number of carbonyl (C=O) groups is 2. The molecule has 1 aliphatic heterocycles. The molecule has 0 unspecified atom stereocenters. The van der Waals surface area contributed by atoms with Crippen molar-refractivity contribution in [2.75, 3.05) is 0 Å². The molecular weight excluding hydrogens is 332 g/mol. The maximum absolute atomic E-state index is 12.0. The fourth-order valence-corrected chi connectivity index (χ4v) is 3.31. The lowest BCUT2D eigenvalue weighted by atomic mass is 9.93. The van der Waals surface area contributed by atoms with Gasteiger partial charge in [-0.1, -0.05) is 60.7 Å². The normalized spacial score (nSPS) is 20.5. The average molecular weight is 354 g/mol. The Hall–Kier alpha value is -3.02. The Labute approximate surface area is 152 Å². The van der Waals surface area contributed by atoms with Gasteiger partial charge in [-0.25, -0.2) is 9.59 Å². The summed E-state index contributed by atoms with van der Waals surface area (Å²) in [7, 11) is 0. The summed E-state index contributed by atoms with van der Waals surface area (Å²) in [6, 6.07) is 18.8. The van der Waals surface area contributed by atoms with Gasteiger partial charge in [0, 0.05) is 12.5 Å². The summed E-state index contributed by atoms with van der Waals surface area (Å²) in [6.45, 7) is 0. The van der Waals surface area contributed by atoms with E-state index in [1.165, 1.54) is 0 Å². The highest BCUT2D eigenvalue weighted by atomic mass is 16.6. The van der Waals surface area contributed by atoms with Crippen molar-refractivity contribution in [1.82, 2.24) is 10.6 Å². The molecule has 1 saturated heterocycles. The average Bonchev–Trinajstić information content (AvgIpc) is 2.62. The molecule has 1 fully saturated rings. The van der Waals surface area contributed by atoms with Crippen LogP contribution in [0.3, 0.4) is 0 Å². The molecule has 1 heterocycles. The molecule has 0 aliphatic carbocycles. The third-order valence-electron chi connectivity index (χ3n) is 4.48. The van der Waals surface area contributed by atoms with Gasteiger partial charge in [0.15, 0.2) is 0 Å². The second-order valence-corrected chi connectivity index (χ2v) is 6.46. The van der Waals surface area contributed by atoms with Gasteiger partial charge < -0.3 is 20.5 Å². The molecular formula is C20H22N2O4. The number of amides is 2. The Morgan fingerprint density at radius 3 is 2.35 bits per heavy atom. The quantitative estimate of drug-likeness (QED) is 0.744. The van der Waals surface area contributed by atoms with E-state index >= 15 is 0 Å². The number of nitrogens with one attached hydrogen (secondary N) is 2. The molecule has 2 amide bonds. The Balaban J connectivity index is 1.72. The number of rotatable bonds is 6. The van der Waals surface area contributed by atoms with Crippen LogP contribution in [0.15, 0.2) is 60.7 Å². The second kappa shape index (κ2) is 8.38. The van der Waals surface area contributed by atoms with Crippen molar-refractivity contribution in [1.29, 1.82) is 0 Å². The van der Waals surface area contributed by atoms with E-state index in [2.05, 4.69) is 10.6 Å². The summed E-state index contributed by atoms with van der Waals surface area (Å²) in [5.74, 6) is 0. The minimum atomic E-state index is -1.12. The van der Waals surface area contributed by atoms with Crippen molar-refractivity contribution in [3.05, 3.63) is 71.8 Å². The zero-order valence-corrected chi connectivity index (χ0v) is 14.3. The van der Waals surface area contributed by atoms with Gasteiger partial charge in [0.1, 0.15) is 6.10 Å². The SMILES string of the molecule is O=C(O)N[C@@H](Cc1ccccc1)[C@@H]1C[C@H](Cc2ccccc2)NC(=O)O1. The van der Waals surface area contributed by atoms with Crippen molar-refractivity contribution in [2.45, 2.75) is 37.5 Å². The first kappa shape index (κ1) is 17.8. The van der Waals surface area contributed by atoms with Crippen LogP contribution in [0.25, 0.3) is 0 Å². The van der Waals surface area contributed by atoms with Crippen LogP contribution in [0, 0.1) is 0 Å². The zero-order valence-electron chi connectivity index (χ0n) is 14.3. The van der Waals surface area contributed by atoms with Crippen LogP contribution < -0.4 is 10.6 Å². The highest BCUT2D eigenvalue weighted by Gasteiger charge is 2.34. The first-order valence-corrected chi connectivity index (χ1v) is 8.64. The van der Waals surface area contributed by atoms with E-state index in [4.69, 9.17) is 4.74 Å². The maximum Gasteiger partial charge on any atom is 0.407 e. The lowest BCUT2D eigenvalue weighted by Gasteiger charge is -2.35. The Morgan fingerprint density at radius 2 is 1.73 bits per heavy atom. The molecule has 6 nitrogen and oxygen atoms in total. The molecule has 2 aromatic carbocycles. The second-order valence-electron chi connectivity index (χ2n) is 6.46. The molecule has 0 bridgehead atoms. The molecule has 0 spiro atoms. The predicted molar refractivity (Wildman–Crippen MR) is 97.1 cm³/mol. The molecule has 3 N–H and O–H groups in total. The molecule has 0 saturated carbocycles. The van der Waals surface area contributed by atoms with E-state index in [0.29, 0.717) is 19.3 Å². The van der Waals surface area contributed by atoms with Crippen LogP contribution in [0.5, 0.6) is 0 Å². The van der Waals surface area contributed by atoms with Crippen molar-refractivity contribution in [3.63, 3.8) is 0 Å². The fraction of sp³-hybridized carbons (Fsp3) is 0.300. The number of ether oxygens (including phenoxy) is 1. The van der Waals surface area contributed by atoms with Gasteiger partial charge in [-0.2, -0.15) is 0 Å². The lowest BCUT2D eigenvalue weighted by molar-refractivity contribution is 0.0365. The van der Waals surface area contributed by atoms with Gasteiger partial charge in [0.25, 0.3) is 0 Å². The Kier molecular flexibility index (Phi) is 5.73. The molecule has 2 aromatic rings. The number of hydrogen-bond donors (Lipinski definition) is 3. The third kappa shape index (κ3) is 4.99. The maximum atomic E-state index is 12.0. The molecule has 0 radical (unpaired) electrons. The highest BCUT2D eigenvalue weighted by Crippen LogP contribution is 2.20. The lowest BCUT2D eigenvalue weighted by Crippen LogP contribution is -2.55. The van der Waals surface area contributed by atoms with Crippen molar-refractivity contribution in [3.8, 4) is 0 Å². The van der Waals surface area contributed by atoms with Gasteiger partial charge in [0.2, 0.25) is 0 Å². The van der Waals surface area contributed by atoms with Gasteiger partial charge in [-0.15, -0.1) is 0 Å². The summed E-state index contributed by atoms with van der Waals surface area (Å²) in [5, 5.41) is 14.5. The van der Waals surface area contributed by atoms with Gasteiger partial charge in [-0.3, -0.25) is 0 Å². The Bertz CT molecular complexity index is 736. The fourth-order valence-electron chi connectivity index (χ4n) is 3.31. The van der Waals surface area contributed by atoms with Gasteiger partial charge >= 0.3 is 12.2 Å². The van der Waals surface area contributed by atoms with Gasteiger partial charge in [0.05, 0.1) is 6.04 Å². The molecule has 6 heteroatoms. The standard InChI is InChI=1S/C20H22N2O4/c23-19(24)22-17(12-15-9-5-2-6-10-15)18-13-16(21-20(25)26-18)11-14-7-3-1-4-8-14/h1-10,16-18,22H,11-13H2,(H,21,25)(H,23,24)/t16-,17-,18-/m0/s1. The van der Waals surface area contributed by atoms with E-state index in [0.717, 1.165) is 11.1 Å². The summed E-state index contributed by atoms with van der Waals surface area (Å²) in [5.41, 5.74) is 2.10. The number of cyclic esters (lactones) is 1. The van der Waals surface area contributed by atoms with Crippen molar-refractivity contribution < 1.29 is 19.4 Å². The molecule has 3 rings (SSSR count). The number of alkyl carbamates (subject to hydrolysis) is 1. The third-order valence-corrected chi connectivity index (χ3v) is 4.48. The smallest absolute Gasteiger partial charge is 0.407 e. The summed E-state index contributed by atoms with van der Waals surface area (Å²) < 4.78 is 5.41. The molecule has 136 valence electrons. The van der Waals surface area contributed by atoms with Crippen LogP contribution >= 0.6 is 0 Å². The van der Waals surface area contributed by atoms with E-state index in [1.54, 1.807) is 0 Å². The van der Waals surface area contributed by atoms with E-state index in [9.17, 15) is 14.7 Å². The minimum absolute atomic E-state index is 0.0995. The monoisotopic (exact) mass is 354 g/mol. The number of carbonyl (C=O) groups excluding carboxylic acids is 1. The largest absolute Gasteiger partial charge is 0.465 e. The number of hydrogen-bond acceptors (Lipinski definition) is 3. The summed E-state index contributed by atoms with van der Waals surface area (Å²) in [4.78, 5) is 23.2. The van der Waals surface area contributed by atoms with Crippen LogP contribution in [0.2, 0.25) is 0 Å². The topological polar surface area (TPSA) is 87.7 Å². The molecule has 1 aliphatic rings. The first-order chi connectivity index (χ1) is 12.6. The summed E-state index contributed by atoms with van der Waals surface area (Å²) in [6.07, 6.45) is -0.472. The minimum Gasteiger partial charge on any atom is -0.465 e. The van der Waals surface area contributed by atoms with Crippen molar-refractivity contribution in [2.24, 2.45) is 0 Å². The Morgan fingerprint density at radius 1 is 1.12 bits per heavy atom. The van der Waals surface area contributed by atoms with E-state index in [-0.39, 0.29) is 6.04 Å². The van der Waals surface area contributed by atoms with Gasteiger partial charge in [-0.05, 0) is 24.0 Å². The van der Waals surface area contributed by atoms with Crippen LogP contribution in [0.4, 0.5) is 9.59 Å². The molecule has 0 aromatic heterocycles. The summed E-state index contributed by atoms with van der Waals surface area (Å²) >= 11 is 0. The van der Waals surface area contributed by atoms with Crippen LogP contribution in [-0.2, 0) is 17.6 Å². The number of benzene rings is 2. The molecule has 26 heavy (non-hydrogen) atoms. The van der Waals surface area contributed by atoms with E-state index in [1.807, 2.05) is 60.7 Å². The van der Waals surface area contributed by atoms with E-state index < -0.39 is 24.3 Å². The van der Waals surface area contributed by atoms with Crippen LogP contribution in [0.1, 0.15) is 17.5 Å².